The molecule has 0 aliphatic heterocycles. The van der Waals surface area contributed by atoms with Crippen LogP contribution in [-0.4, -0.2) is 16.3 Å². The maximum Gasteiger partial charge on any atom is 0.267 e. The average Bonchev–Trinajstić information content (AvgIpc) is 2.34. The number of para-hydroxylation sites is 1. The standard InChI is InChI=1S/C13H14FN3O/c1-10-8-13(18)17(16-9-10)7-6-15-12-5-3-2-4-11(12)14/h2-5,8-9,15H,6-7H2,1H3. The van der Waals surface area contributed by atoms with Gasteiger partial charge in [0, 0.05) is 12.6 Å². The van der Waals surface area contributed by atoms with Crippen molar-refractivity contribution >= 4 is 5.69 Å². The van der Waals surface area contributed by atoms with Gasteiger partial charge in [-0.25, -0.2) is 9.07 Å². The summed E-state index contributed by atoms with van der Waals surface area (Å²) in [7, 11) is 0. The van der Waals surface area contributed by atoms with Gasteiger partial charge in [-0.05, 0) is 24.6 Å². The second-order valence-corrected chi connectivity index (χ2v) is 4.00. The van der Waals surface area contributed by atoms with E-state index in [1.165, 1.54) is 16.8 Å². The third-order valence-electron chi connectivity index (χ3n) is 2.52. The predicted octanol–water partition coefficient (Wildman–Crippen LogP) is 1.80. The molecule has 1 aromatic carbocycles. The van der Waals surface area contributed by atoms with E-state index in [9.17, 15) is 9.18 Å². The van der Waals surface area contributed by atoms with Crippen LogP contribution in [-0.2, 0) is 6.54 Å². The smallest absolute Gasteiger partial charge is 0.267 e. The molecule has 0 radical (unpaired) electrons. The SMILES string of the molecule is Cc1cnn(CCNc2ccccc2F)c(=O)c1. The Morgan fingerprint density at radius 3 is 2.89 bits per heavy atom. The minimum atomic E-state index is -0.304. The molecule has 0 amide bonds. The van der Waals surface area contributed by atoms with E-state index in [-0.39, 0.29) is 11.4 Å². The molecular formula is C13H14FN3O. The summed E-state index contributed by atoms with van der Waals surface area (Å²) in [5.74, 6) is -0.304. The molecule has 0 unspecified atom stereocenters. The average molecular weight is 247 g/mol. The molecule has 1 aromatic heterocycles. The normalized spacial score (nSPS) is 10.3. The molecule has 0 fully saturated rings. The third-order valence-corrected chi connectivity index (χ3v) is 2.52. The van der Waals surface area contributed by atoms with Crippen LogP contribution < -0.4 is 10.9 Å². The Morgan fingerprint density at radius 1 is 1.39 bits per heavy atom. The molecular weight excluding hydrogens is 233 g/mol. The predicted molar refractivity (Wildman–Crippen MR) is 68.1 cm³/mol. The molecule has 2 rings (SSSR count). The van der Waals surface area contributed by atoms with Crippen molar-refractivity contribution in [3.8, 4) is 0 Å². The summed E-state index contributed by atoms with van der Waals surface area (Å²) in [6, 6.07) is 7.95. The van der Waals surface area contributed by atoms with Gasteiger partial charge in [0.2, 0.25) is 0 Å². The Labute approximate surface area is 104 Å². The summed E-state index contributed by atoms with van der Waals surface area (Å²) in [6.45, 7) is 2.65. The number of benzene rings is 1. The van der Waals surface area contributed by atoms with E-state index in [0.29, 0.717) is 18.8 Å². The molecule has 5 heteroatoms. The highest BCUT2D eigenvalue weighted by molar-refractivity contribution is 5.44. The maximum atomic E-state index is 13.3. The van der Waals surface area contributed by atoms with Gasteiger partial charge in [0.25, 0.3) is 5.56 Å². The molecule has 0 bridgehead atoms. The number of hydrogen-bond donors (Lipinski definition) is 1. The first kappa shape index (κ1) is 12.3. The van der Waals surface area contributed by atoms with Crippen LogP contribution in [0.3, 0.4) is 0 Å². The first-order valence-electron chi connectivity index (χ1n) is 5.69. The molecule has 0 aliphatic rings. The zero-order chi connectivity index (χ0) is 13.0. The Hall–Kier alpha value is -2.17. The van der Waals surface area contributed by atoms with E-state index >= 15 is 0 Å². The summed E-state index contributed by atoms with van der Waals surface area (Å²) in [5.41, 5.74) is 1.11. The second kappa shape index (κ2) is 5.44. The van der Waals surface area contributed by atoms with Crippen LogP contribution in [0.1, 0.15) is 5.56 Å². The number of aromatic nitrogens is 2. The maximum absolute atomic E-state index is 13.3. The van der Waals surface area contributed by atoms with Gasteiger partial charge in [0.1, 0.15) is 5.82 Å². The van der Waals surface area contributed by atoms with E-state index in [1.54, 1.807) is 24.4 Å². The lowest BCUT2D eigenvalue weighted by atomic mass is 10.3. The summed E-state index contributed by atoms with van der Waals surface area (Å²) in [4.78, 5) is 11.5. The number of halogens is 1. The van der Waals surface area contributed by atoms with Gasteiger partial charge in [-0.1, -0.05) is 12.1 Å². The molecule has 0 aliphatic carbocycles. The summed E-state index contributed by atoms with van der Waals surface area (Å²) in [5, 5.41) is 6.93. The van der Waals surface area contributed by atoms with Crippen molar-refractivity contribution in [3.05, 3.63) is 58.3 Å². The van der Waals surface area contributed by atoms with Gasteiger partial charge in [0.15, 0.2) is 0 Å². The van der Waals surface area contributed by atoms with E-state index in [0.717, 1.165) is 5.56 Å². The zero-order valence-electron chi connectivity index (χ0n) is 10.1. The Bertz CT molecular complexity index is 595. The van der Waals surface area contributed by atoms with E-state index in [2.05, 4.69) is 10.4 Å². The van der Waals surface area contributed by atoms with E-state index in [1.807, 2.05) is 6.92 Å². The quantitative estimate of drug-likeness (QED) is 0.896. The highest BCUT2D eigenvalue weighted by atomic mass is 19.1. The second-order valence-electron chi connectivity index (χ2n) is 4.00. The molecule has 1 heterocycles. The topological polar surface area (TPSA) is 46.9 Å². The van der Waals surface area contributed by atoms with Crippen LogP contribution in [0.5, 0.6) is 0 Å². The van der Waals surface area contributed by atoms with Crippen molar-refractivity contribution in [2.45, 2.75) is 13.5 Å². The first-order valence-corrected chi connectivity index (χ1v) is 5.69. The van der Waals surface area contributed by atoms with Gasteiger partial charge in [-0.3, -0.25) is 4.79 Å². The molecule has 0 saturated carbocycles. The molecule has 4 nitrogen and oxygen atoms in total. The van der Waals surface area contributed by atoms with Crippen molar-refractivity contribution in [1.82, 2.24) is 9.78 Å². The fraction of sp³-hybridized carbons (Fsp3) is 0.231. The Balaban J connectivity index is 1.97. The number of hydrogen-bond acceptors (Lipinski definition) is 3. The molecule has 2 aromatic rings. The van der Waals surface area contributed by atoms with Crippen LogP contribution in [0.2, 0.25) is 0 Å². The monoisotopic (exact) mass is 247 g/mol. The van der Waals surface area contributed by atoms with Gasteiger partial charge in [-0.15, -0.1) is 0 Å². The number of nitrogens with zero attached hydrogens (tertiary/aromatic N) is 2. The lowest BCUT2D eigenvalue weighted by Crippen LogP contribution is -2.25. The molecule has 1 N–H and O–H groups in total. The fourth-order valence-electron chi connectivity index (χ4n) is 1.59. The molecule has 0 saturated heterocycles. The zero-order valence-corrected chi connectivity index (χ0v) is 10.1. The lowest BCUT2D eigenvalue weighted by molar-refractivity contribution is 0.590. The highest BCUT2D eigenvalue weighted by Gasteiger charge is 2.00. The third kappa shape index (κ3) is 2.94. The molecule has 18 heavy (non-hydrogen) atoms. The Kier molecular flexibility index (Phi) is 3.72. The van der Waals surface area contributed by atoms with E-state index < -0.39 is 0 Å². The van der Waals surface area contributed by atoms with Crippen LogP contribution in [0.25, 0.3) is 0 Å². The number of aryl methyl sites for hydroxylation is 1. The summed E-state index contributed by atoms with van der Waals surface area (Å²) < 4.78 is 14.6. The van der Waals surface area contributed by atoms with Crippen molar-refractivity contribution in [1.29, 1.82) is 0 Å². The molecule has 94 valence electrons. The number of nitrogens with one attached hydrogen (secondary N) is 1. The van der Waals surface area contributed by atoms with Gasteiger partial charge >= 0.3 is 0 Å². The van der Waals surface area contributed by atoms with E-state index in [4.69, 9.17) is 0 Å². The highest BCUT2D eigenvalue weighted by Crippen LogP contribution is 2.11. The molecule has 0 atom stereocenters. The van der Waals surface area contributed by atoms with Crippen LogP contribution >= 0.6 is 0 Å². The van der Waals surface area contributed by atoms with Crippen molar-refractivity contribution in [2.24, 2.45) is 0 Å². The van der Waals surface area contributed by atoms with Crippen molar-refractivity contribution in [2.75, 3.05) is 11.9 Å². The Morgan fingerprint density at radius 2 is 2.17 bits per heavy atom. The summed E-state index contributed by atoms with van der Waals surface area (Å²) >= 11 is 0. The number of rotatable bonds is 4. The van der Waals surface area contributed by atoms with Crippen LogP contribution in [0.15, 0.2) is 41.3 Å². The largest absolute Gasteiger partial charge is 0.381 e. The van der Waals surface area contributed by atoms with Crippen molar-refractivity contribution < 1.29 is 4.39 Å². The number of anilines is 1. The summed E-state index contributed by atoms with van der Waals surface area (Å²) in [6.07, 6.45) is 1.63. The van der Waals surface area contributed by atoms with Gasteiger partial charge in [0.05, 0.1) is 18.4 Å². The molecule has 0 spiro atoms. The minimum Gasteiger partial charge on any atom is -0.381 e. The fourth-order valence-corrected chi connectivity index (χ4v) is 1.59. The minimum absolute atomic E-state index is 0.148. The van der Waals surface area contributed by atoms with Crippen LogP contribution in [0.4, 0.5) is 10.1 Å². The lowest BCUT2D eigenvalue weighted by Gasteiger charge is -2.08. The van der Waals surface area contributed by atoms with Gasteiger partial charge in [-0.2, -0.15) is 5.10 Å². The first-order chi connectivity index (χ1) is 8.66. The van der Waals surface area contributed by atoms with Crippen LogP contribution in [0, 0.1) is 12.7 Å². The van der Waals surface area contributed by atoms with Gasteiger partial charge < -0.3 is 5.32 Å². The van der Waals surface area contributed by atoms with Crippen molar-refractivity contribution in [3.63, 3.8) is 0 Å².